The minimum Gasteiger partial charge on any atom is -0.320 e. The first-order valence-corrected chi connectivity index (χ1v) is 7.51. The monoisotopic (exact) mass is 379 g/mol. The van der Waals surface area contributed by atoms with Crippen LogP contribution in [0.2, 0.25) is 0 Å². The Morgan fingerprint density at radius 3 is 2.41 bits per heavy atom. The Labute approximate surface area is 149 Å². The number of amides is 1. The molecule has 0 unspecified atom stereocenters. The van der Waals surface area contributed by atoms with Crippen LogP contribution in [0.5, 0.6) is 0 Å². The third-order valence-electron chi connectivity index (χ3n) is 3.53. The van der Waals surface area contributed by atoms with Gasteiger partial charge >= 0.3 is 6.18 Å². The van der Waals surface area contributed by atoms with Gasteiger partial charge in [0.1, 0.15) is 11.6 Å². The van der Waals surface area contributed by atoms with Crippen molar-refractivity contribution in [2.45, 2.75) is 6.18 Å². The van der Waals surface area contributed by atoms with Crippen LogP contribution in [-0.2, 0) is 6.18 Å². The number of rotatable bonds is 3. The molecule has 3 rings (SSSR count). The molecule has 3 aromatic rings. The summed E-state index contributed by atoms with van der Waals surface area (Å²) in [7, 11) is 0. The summed E-state index contributed by atoms with van der Waals surface area (Å²) in [5.74, 6) is -2.67. The summed E-state index contributed by atoms with van der Waals surface area (Å²) < 4.78 is 67.1. The number of hydrogen-bond donors (Lipinski definition) is 1. The summed E-state index contributed by atoms with van der Waals surface area (Å²) in [5, 5.41) is 2.01. The SMILES string of the molecule is O=C(Nc1ccc(-c2cncc(F)c2)nc1C(F)(F)F)c1ccccc1F. The van der Waals surface area contributed by atoms with E-state index in [1.54, 1.807) is 0 Å². The highest BCUT2D eigenvalue weighted by Crippen LogP contribution is 2.35. The summed E-state index contributed by atoms with van der Waals surface area (Å²) >= 11 is 0. The molecule has 0 saturated heterocycles. The van der Waals surface area contributed by atoms with Crippen molar-refractivity contribution >= 4 is 11.6 Å². The molecule has 0 aliphatic heterocycles. The minimum atomic E-state index is -4.91. The zero-order chi connectivity index (χ0) is 19.6. The second kappa shape index (κ2) is 7.10. The Balaban J connectivity index is 2.00. The predicted octanol–water partition coefficient (Wildman–Crippen LogP) is 4.69. The number of carbonyl (C=O) groups is 1. The summed E-state index contributed by atoms with van der Waals surface area (Å²) in [6, 6.07) is 7.98. The highest BCUT2D eigenvalue weighted by Gasteiger charge is 2.36. The molecule has 2 heterocycles. The molecule has 0 aliphatic rings. The van der Waals surface area contributed by atoms with Crippen LogP contribution in [-0.4, -0.2) is 15.9 Å². The van der Waals surface area contributed by atoms with Crippen molar-refractivity contribution in [3.05, 3.63) is 77.8 Å². The minimum absolute atomic E-state index is 0.0347. The van der Waals surface area contributed by atoms with Crippen molar-refractivity contribution in [3.8, 4) is 11.3 Å². The second-order valence-corrected chi connectivity index (χ2v) is 5.42. The van der Waals surface area contributed by atoms with Crippen molar-refractivity contribution in [2.75, 3.05) is 5.32 Å². The Morgan fingerprint density at radius 2 is 1.74 bits per heavy atom. The first kappa shape index (κ1) is 18.4. The standard InChI is InChI=1S/C18H10F5N3O/c19-11-7-10(8-24-9-11)14-5-6-15(16(25-14)18(21,22)23)26-17(27)12-3-1-2-4-13(12)20/h1-9H,(H,26,27). The molecule has 0 radical (unpaired) electrons. The maximum Gasteiger partial charge on any atom is 0.435 e. The fourth-order valence-corrected chi connectivity index (χ4v) is 2.32. The summed E-state index contributed by atoms with van der Waals surface area (Å²) in [5.41, 5.74) is -2.60. The predicted molar refractivity (Wildman–Crippen MR) is 86.8 cm³/mol. The van der Waals surface area contributed by atoms with E-state index in [1.165, 1.54) is 18.2 Å². The Morgan fingerprint density at radius 1 is 1.00 bits per heavy atom. The normalized spacial score (nSPS) is 11.3. The molecule has 0 atom stereocenters. The molecule has 9 heteroatoms. The van der Waals surface area contributed by atoms with E-state index < -0.39 is 40.7 Å². The fourth-order valence-electron chi connectivity index (χ4n) is 2.32. The largest absolute Gasteiger partial charge is 0.435 e. The maximum absolute atomic E-state index is 13.7. The number of nitrogens with zero attached hydrogens (tertiary/aromatic N) is 2. The maximum atomic E-state index is 13.7. The van der Waals surface area contributed by atoms with Gasteiger partial charge < -0.3 is 5.32 Å². The van der Waals surface area contributed by atoms with Gasteiger partial charge in [-0.3, -0.25) is 9.78 Å². The van der Waals surface area contributed by atoms with Crippen molar-refractivity contribution in [3.63, 3.8) is 0 Å². The number of nitrogens with one attached hydrogen (secondary N) is 1. The molecular formula is C18H10F5N3O. The first-order chi connectivity index (χ1) is 12.8. The number of halogens is 5. The van der Waals surface area contributed by atoms with E-state index in [-0.39, 0.29) is 11.3 Å². The molecule has 0 spiro atoms. The molecule has 2 aromatic heterocycles. The number of anilines is 1. The summed E-state index contributed by atoms with van der Waals surface area (Å²) in [4.78, 5) is 19.2. The smallest absolute Gasteiger partial charge is 0.320 e. The number of pyridine rings is 2. The quantitative estimate of drug-likeness (QED) is 0.672. The average molecular weight is 379 g/mol. The number of benzene rings is 1. The van der Waals surface area contributed by atoms with Crippen LogP contribution in [0.3, 0.4) is 0 Å². The lowest BCUT2D eigenvalue weighted by atomic mass is 10.1. The Bertz CT molecular complexity index is 1000. The van der Waals surface area contributed by atoms with Gasteiger partial charge in [-0.1, -0.05) is 12.1 Å². The van der Waals surface area contributed by atoms with Crippen molar-refractivity contribution in [1.82, 2.24) is 9.97 Å². The topological polar surface area (TPSA) is 54.9 Å². The first-order valence-electron chi connectivity index (χ1n) is 7.51. The van der Waals surface area contributed by atoms with Gasteiger partial charge in [-0.25, -0.2) is 13.8 Å². The Hall–Kier alpha value is -3.36. The van der Waals surface area contributed by atoms with Gasteiger partial charge in [0.25, 0.3) is 5.91 Å². The highest BCUT2D eigenvalue weighted by atomic mass is 19.4. The molecule has 4 nitrogen and oxygen atoms in total. The van der Waals surface area contributed by atoms with Gasteiger partial charge in [0.05, 0.1) is 23.1 Å². The van der Waals surface area contributed by atoms with Gasteiger partial charge in [-0.15, -0.1) is 0 Å². The summed E-state index contributed by atoms with van der Waals surface area (Å²) in [6.07, 6.45) is -2.85. The van der Waals surface area contributed by atoms with Crippen LogP contribution < -0.4 is 5.32 Å². The lowest BCUT2D eigenvalue weighted by molar-refractivity contribution is -0.140. The molecule has 1 aromatic carbocycles. The second-order valence-electron chi connectivity index (χ2n) is 5.42. The zero-order valence-corrected chi connectivity index (χ0v) is 13.4. The van der Waals surface area contributed by atoms with Gasteiger partial charge in [0.2, 0.25) is 0 Å². The van der Waals surface area contributed by atoms with Crippen LogP contribution in [0, 0.1) is 11.6 Å². The fraction of sp³-hybridized carbons (Fsp3) is 0.0556. The third-order valence-corrected chi connectivity index (χ3v) is 3.53. The molecular weight excluding hydrogens is 369 g/mol. The van der Waals surface area contributed by atoms with Crippen molar-refractivity contribution in [1.29, 1.82) is 0 Å². The number of alkyl halides is 3. The highest BCUT2D eigenvalue weighted by molar-refractivity contribution is 6.04. The number of carbonyl (C=O) groups excluding carboxylic acids is 1. The molecule has 0 fully saturated rings. The van der Waals surface area contributed by atoms with Crippen LogP contribution >= 0.6 is 0 Å². The van der Waals surface area contributed by atoms with Gasteiger partial charge in [0.15, 0.2) is 5.69 Å². The van der Waals surface area contributed by atoms with Gasteiger partial charge in [0, 0.05) is 11.8 Å². The molecule has 138 valence electrons. The van der Waals surface area contributed by atoms with Crippen LogP contribution in [0.15, 0.2) is 54.9 Å². The lowest BCUT2D eigenvalue weighted by Crippen LogP contribution is -2.19. The van der Waals surface area contributed by atoms with Gasteiger partial charge in [-0.2, -0.15) is 13.2 Å². The van der Waals surface area contributed by atoms with Crippen LogP contribution in [0.1, 0.15) is 16.1 Å². The van der Waals surface area contributed by atoms with E-state index in [4.69, 9.17) is 0 Å². The van der Waals surface area contributed by atoms with Crippen molar-refractivity contribution in [2.24, 2.45) is 0 Å². The average Bonchev–Trinajstić information content (AvgIpc) is 2.61. The van der Waals surface area contributed by atoms with Crippen LogP contribution in [0.25, 0.3) is 11.3 Å². The van der Waals surface area contributed by atoms with E-state index in [2.05, 4.69) is 9.97 Å². The van der Waals surface area contributed by atoms with E-state index in [9.17, 15) is 26.7 Å². The molecule has 1 N–H and O–H groups in total. The molecule has 27 heavy (non-hydrogen) atoms. The van der Waals surface area contributed by atoms with Crippen molar-refractivity contribution < 1.29 is 26.7 Å². The molecule has 0 saturated carbocycles. The van der Waals surface area contributed by atoms with E-state index in [1.807, 2.05) is 5.32 Å². The number of aromatic nitrogens is 2. The van der Waals surface area contributed by atoms with Gasteiger partial charge in [-0.05, 0) is 30.3 Å². The van der Waals surface area contributed by atoms with E-state index in [0.717, 1.165) is 36.7 Å². The number of hydrogen-bond acceptors (Lipinski definition) is 3. The molecule has 0 aliphatic carbocycles. The Kier molecular flexibility index (Phi) is 4.85. The van der Waals surface area contributed by atoms with E-state index >= 15 is 0 Å². The zero-order valence-electron chi connectivity index (χ0n) is 13.4. The van der Waals surface area contributed by atoms with Crippen LogP contribution in [0.4, 0.5) is 27.6 Å². The molecule has 0 bridgehead atoms. The lowest BCUT2D eigenvalue weighted by Gasteiger charge is -2.14. The third kappa shape index (κ3) is 4.08. The molecule has 1 amide bonds. The van der Waals surface area contributed by atoms with E-state index in [0.29, 0.717) is 0 Å². The summed E-state index contributed by atoms with van der Waals surface area (Å²) in [6.45, 7) is 0.